The first-order valence-corrected chi connectivity index (χ1v) is 17.8. The molecule has 56 heavy (non-hydrogen) atoms. The number of carbonyl (C=O) groups excluding carboxylic acids is 4. The van der Waals surface area contributed by atoms with Crippen molar-refractivity contribution in [3.05, 3.63) is 132 Å². The molecule has 2 aromatic carbocycles. The van der Waals surface area contributed by atoms with Crippen LogP contribution in [0.5, 0.6) is 11.5 Å². The summed E-state index contributed by atoms with van der Waals surface area (Å²) in [7, 11) is 0. The van der Waals surface area contributed by atoms with E-state index in [0.29, 0.717) is 73.5 Å². The van der Waals surface area contributed by atoms with E-state index in [9.17, 15) is 19.2 Å². The van der Waals surface area contributed by atoms with Crippen LogP contribution >= 0.6 is 0 Å². The predicted octanol–water partition coefficient (Wildman–Crippen LogP) is 6.25. The van der Waals surface area contributed by atoms with E-state index in [4.69, 9.17) is 18.9 Å². The van der Waals surface area contributed by atoms with E-state index in [-0.39, 0.29) is 0 Å². The number of hydrogen-bond donors (Lipinski definition) is 2. The zero-order valence-electron chi connectivity index (χ0n) is 31.3. The third kappa shape index (κ3) is 14.3. The van der Waals surface area contributed by atoms with Crippen molar-refractivity contribution in [2.24, 2.45) is 0 Å². The topological polar surface area (TPSA) is 155 Å². The minimum Gasteiger partial charge on any atom is -0.494 e. The van der Waals surface area contributed by atoms with Crippen molar-refractivity contribution in [2.45, 2.75) is 39.5 Å². The molecule has 2 amide bonds. The number of aromatic nitrogens is 2. The lowest BCUT2D eigenvalue weighted by Gasteiger charge is -2.08. The summed E-state index contributed by atoms with van der Waals surface area (Å²) in [6.07, 6.45) is 7.96. The highest BCUT2D eigenvalue weighted by molar-refractivity contribution is 6.43. The molecule has 0 saturated carbocycles. The number of pyridine rings is 2. The predicted molar refractivity (Wildman–Crippen MR) is 212 cm³/mol. The van der Waals surface area contributed by atoms with Crippen molar-refractivity contribution in [3.63, 3.8) is 0 Å². The van der Waals surface area contributed by atoms with Crippen molar-refractivity contribution < 1.29 is 38.1 Å². The average molecular weight is 755 g/mol. The van der Waals surface area contributed by atoms with Gasteiger partial charge in [0.15, 0.2) is 0 Å². The van der Waals surface area contributed by atoms with Gasteiger partial charge in [-0.05, 0) is 123 Å². The highest BCUT2D eigenvalue weighted by Crippen LogP contribution is 2.19. The molecule has 286 valence electrons. The maximum Gasteiger partial charge on any atom is 0.330 e. The van der Waals surface area contributed by atoms with Crippen molar-refractivity contribution >= 4 is 35.1 Å². The Labute approximate surface area is 326 Å². The summed E-state index contributed by atoms with van der Waals surface area (Å²) in [6.45, 7) is 12.2. The quantitative estimate of drug-likeness (QED) is 0.0441. The Bertz CT molecular complexity index is 2000. The van der Waals surface area contributed by atoms with E-state index in [1.807, 2.05) is 50.2 Å². The summed E-state index contributed by atoms with van der Waals surface area (Å²) < 4.78 is 21.5. The maximum atomic E-state index is 12.6. The summed E-state index contributed by atoms with van der Waals surface area (Å²) >= 11 is 0. The number of aryl methyl sites for hydroxylation is 2. The Kier molecular flexibility index (Phi) is 16.4. The number of hydrogen-bond acceptors (Lipinski definition) is 10. The van der Waals surface area contributed by atoms with E-state index < -0.39 is 23.8 Å². The highest BCUT2D eigenvalue weighted by Gasteiger charge is 2.14. The van der Waals surface area contributed by atoms with Crippen LogP contribution in [-0.2, 0) is 28.7 Å². The molecule has 12 nitrogen and oxygen atoms in total. The summed E-state index contributed by atoms with van der Waals surface area (Å²) in [5, 5.41) is 5.05. The molecule has 4 rings (SSSR count). The van der Waals surface area contributed by atoms with Gasteiger partial charge in [-0.3, -0.25) is 9.59 Å². The number of esters is 2. The van der Waals surface area contributed by atoms with Gasteiger partial charge in [-0.2, -0.15) is 0 Å². The monoisotopic (exact) mass is 754 g/mol. The molecule has 4 aromatic rings. The molecular weight excluding hydrogens is 713 g/mol. The minimum absolute atomic E-state index is 0.323. The highest BCUT2D eigenvalue weighted by atomic mass is 16.5. The molecule has 0 spiro atoms. The SMILES string of the molecule is C=CC(=O)OCCCCOc1ccc(C#Cc2ccc(NC(=O)C(=O)Nc3ccc(C#Cc4ccc(OCCCCOC(=O)C=C)cc4C)nc3)cn2)c(C)c1. The van der Waals surface area contributed by atoms with Gasteiger partial charge in [0.1, 0.15) is 22.9 Å². The Hall–Kier alpha value is -7.18. The van der Waals surface area contributed by atoms with E-state index in [1.54, 1.807) is 24.3 Å². The number of nitrogens with zero attached hydrogens (tertiary/aromatic N) is 2. The zero-order valence-corrected chi connectivity index (χ0v) is 31.3. The van der Waals surface area contributed by atoms with Crippen LogP contribution < -0.4 is 20.1 Å². The van der Waals surface area contributed by atoms with E-state index in [0.717, 1.165) is 47.2 Å². The molecule has 0 aliphatic rings. The van der Waals surface area contributed by atoms with Crippen LogP contribution in [0.15, 0.2) is 98.4 Å². The van der Waals surface area contributed by atoms with Crippen LogP contribution in [0.25, 0.3) is 0 Å². The number of unbranched alkanes of at least 4 members (excludes halogenated alkanes) is 2. The second kappa shape index (κ2) is 22.1. The molecule has 2 heterocycles. The summed E-state index contributed by atoms with van der Waals surface area (Å²) in [6, 6.07) is 17.7. The van der Waals surface area contributed by atoms with Gasteiger partial charge in [0.25, 0.3) is 0 Å². The summed E-state index contributed by atoms with van der Waals surface area (Å²) in [5.74, 6) is 11.0. The first-order valence-electron chi connectivity index (χ1n) is 17.8. The Balaban J connectivity index is 1.20. The van der Waals surface area contributed by atoms with Crippen LogP contribution in [0, 0.1) is 37.5 Å². The number of benzene rings is 2. The molecule has 0 unspecified atom stereocenters. The molecule has 0 radical (unpaired) electrons. The van der Waals surface area contributed by atoms with Crippen LogP contribution in [0.4, 0.5) is 11.4 Å². The zero-order chi connectivity index (χ0) is 40.1. The van der Waals surface area contributed by atoms with Gasteiger partial charge in [0.2, 0.25) is 0 Å². The van der Waals surface area contributed by atoms with Crippen LogP contribution in [0.2, 0.25) is 0 Å². The molecule has 12 heteroatoms. The first kappa shape index (κ1) is 41.6. The van der Waals surface area contributed by atoms with Crippen molar-refractivity contribution in [1.82, 2.24) is 9.97 Å². The van der Waals surface area contributed by atoms with Crippen molar-refractivity contribution in [2.75, 3.05) is 37.1 Å². The van der Waals surface area contributed by atoms with Gasteiger partial charge < -0.3 is 29.6 Å². The average Bonchev–Trinajstić information content (AvgIpc) is 3.20. The van der Waals surface area contributed by atoms with Crippen LogP contribution in [0.1, 0.15) is 59.3 Å². The lowest BCUT2D eigenvalue weighted by molar-refractivity contribution is -0.138. The molecule has 2 aromatic heterocycles. The first-order chi connectivity index (χ1) is 27.1. The van der Waals surface area contributed by atoms with Gasteiger partial charge in [-0.15, -0.1) is 0 Å². The normalized spacial score (nSPS) is 9.96. The molecular formula is C44H42N4O8. The molecule has 0 saturated heterocycles. The molecule has 0 aliphatic carbocycles. The molecule has 0 atom stereocenters. The van der Waals surface area contributed by atoms with Crippen molar-refractivity contribution in [1.29, 1.82) is 0 Å². The van der Waals surface area contributed by atoms with Crippen molar-refractivity contribution in [3.8, 4) is 35.2 Å². The molecule has 0 aliphatic heterocycles. The summed E-state index contributed by atoms with van der Waals surface area (Å²) in [5.41, 5.74) is 5.10. The molecule has 0 fully saturated rings. The third-order valence-corrected chi connectivity index (χ3v) is 7.73. The van der Waals surface area contributed by atoms with Gasteiger partial charge in [-0.1, -0.05) is 25.0 Å². The smallest absolute Gasteiger partial charge is 0.330 e. The fraction of sp³-hybridized carbons (Fsp3) is 0.227. The van der Waals surface area contributed by atoms with Gasteiger partial charge >= 0.3 is 23.8 Å². The van der Waals surface area contributed by atoms with Crippen LogP contribution in [-0.4, -0.2) is 60.1 Å². The number of amides is 2. The number of nitrogens with one attached hydrogen (secondary N) is 2. The Morgan fingerprint density at radius 1 is 0.589 bits per heavy atom. The van der Waals surface area contributed by atoms with Gasteiger partial charge in [-0.25, -0.2) is 19.6 Å². The Morgan fingerprint density at radius 3 is 1.36 bits per heavy atom. The minimum atomic E-state index is -0.875. The van der Waals surface area contributed by atoms with E-state index in [2.05, 4.69) is 57.4 Å². The fourth-order valence-electron chi connectivity index (χ4n) is 4.71. The lowest BCUT2D eigenvalue weighted by atomic mass is 10.1. The lowest BCUT2D eigenvalue weighted by Crippen LogP contribution is -2.29. The number of anilines is 2. The second-order valence-corrected chi connectivity index (χ2v) is 12.1. The van der Waals surface area contributed by atoms with Gasteiger partial charge in [0.05, 0.1) is 50.2 Å². The number of rotatable bonds is 16. The second-order valence-electron chi connectivity index (χ2n) is 12.1. The van der Waals surface area contributed by atoms with E-state index in [1.165, 1.54) is 12.4 Å². The van der Waals surface area contributed by atoms with Gasteiger partial charge in [0, 0.05) is 23.3 Å². The largest absolute Gasteiger partial charge is 0.494 e. The number of ether oxygens (including phenoxy) is 4. The van der Waals surface area contributed by atoms with Crippen LogP contribution in [0.3, 0.4) is 0 Å². The third-order valence-electron chi connectivity index (χ3n) is 7.73. The maximum absolute atomic E-state index is 12.6. The standard InChI is InChI=1S/C44H42N4O8/c1-5-41(49)55-25-9-7-23-53-39-21-13-33(31(3)27-39)11-15-35-17-19-37(29-45-35)47-43(51)44(52)48-38-20-18-36(46-30-38)16-12-34-14-22-40(28-32(34)4)54-24-8-10-26-56-42(50)6-2/h5-6,13-14,17-22,27-30H,1-2,7-10,23-26H2,3-4H3,(H,47,51)(H,48,52). The Morgan fingerprint density at radius 2 is 1.00 bits per heavy atom. The number of carbonyl (C=O) groups is 4. The molecule has 0 bridgehead atoms. The molecule has 2 N–H and O–H groups in total. The summed E-state index contributed by atoms with van der Waals surface area (Å²) in [4.78, 5) is 55.8. The fourth-order valence-corrected chi connectivity index (χ4v) is 4.71. The van der Waals surface area contributed by atoms with E-state index >= 15 is 0 Å².